The van der Waals surface area contributed by atoms with Crippen LogP contribution in [-0.4, -0.2) is 44.3 Å². The Morgan fingerprint density at radius 2 is 1.84 bits per heavy atom. The van der Waals surface area contributed by atoms with Gasteiger partial charge in [0.25, 0.3) is 0 Å². The van der Waals surface area contributed by atoms with Gasteiger partial charge in [0, 0.05) is 18.2 Å². The molecule has 0 unspecified atom stereocenters. The average Bonchev–Trinajstić information content (AvgIpc) is 2.41. The van der Waals surface area contributed by atoms with Crippen molar-refractivity contribution in [3.8, 4) is 0 Å². The van der Waals surface area contributed by atoms with Crippen LogP contribution in [0.3, 0.4) is 0 Å². The Kier molecular flexibility index (Phi) is 6.53. The minimum atomic E-state index is -0.0989. The van der Waals surface area contributed by atoms with E-state index >= 15 is 0 Å². The van der Waals surface area contributed by atoms with Gasteiger partial charge in [-0.05, 0) is 38.7 Å². The molecule has 0 aliphatic heterocycles. The lowest BCUT2D eigenvalue weighted by molar-refractivity contribution is -0.116. The zero-order valence-corrected chi connectivity index (χ0v) is 11.4. The fourth-order valence-corrected chi connectivity index (χ4v) is 1.52. The third-order valence-corrected chi connectivity index (χ3v) is 2.58. The van der Waals surface area contributed by atoms with Crippen LogP contribution in [0.5, 0.6) is 0 Å². The first-order valence-corrected chi connectivity index (χ1v) is 6.27. The highest BCUT2D eigenvalue weighted by molar-refractivity contribution is 5.91. The minimum absolute atomic E-state index is 0.0989. The summed E-state index contributed by atoms with van der Waals surface area (Å²) in [6.45, 7) is 1.63. The zero-order chi connectivity index (χ0) is 14.1. The van der Waals surface area contributed by atoms with Gasteiger partial charge in [0.1, 0.15) is 6.29 Å². The predicted molar refractivity (Wildman–Crippen MR) is 77.0 cm³/mol. The molecular formula is C15H20N2O2. The van der Waals surface area contributed by atoms with Crippen molar-refractivity contribution in [2.45, 2.75) is 6.42 Å². The van der Waals surface area contributed by atoms with E-state index in [0.717, 1.165) is 24.8 Å². The standard InChI is InChI=1S/C15H20N2O2/c1-17(2)11-3-10-16-15(19)9-8-13-4-6-14(12-18)7-5-13/h4-9,12H,3,10-11H2,1-2H3,(H,16,19)/b9-8+. The molecule has 0 aliphatic rings. The van der Waals surface area contributed by atoms with Gasteiger partial charge in [-0.1, -0.05) is 24.3 Å². The second-order valence-electron chi connectivity index (χ2n) is 4.57. The van der Waals surface area contributed by atoms with Crippen molar-refractivity contribution in [2.24, 2.45) is 0 Å². The van der Waals surface area contributed by atoms with E-state index in [-0.39, 0.29) is 5.91 Å². The second-order valence-corrected chi connectivity index (χ2v) is 4.57. The summed E-state index contributed by atoms with van der Waals surface area (Å²) in [5.74, 6) is -0.0989. The van der Waals surface area contributed by atoms with Crippen molar-refractivity contribution in [3.63, 3.8) is 0 Å². The van der Waals surface area contributed by atoms with Crippen LogP contribution in [0, 0.1) is 0 Å². The number of nitrogens with zero attached hydrogens (tertiary/aromatic N) is 1. The molecular weight excluding hydrogens is 240 g/mol. The summed E-state index contributed by atoms with van der Waals surface area (Å²) in [4.78, 5) is 24.1. The van der Waals surface area contributed by atoms with Crippen molar-refractivity contribution in [1.82, 2.24) is 10.2 Å². The molecule has 1 rings (SSSR count). The molecule has 4 heteroatoms. The van der Waals surface area contributed by atoms with Gasteiger partial charge >= 0.3 is 0 Å². The lowest BCUT2D eigenvalue weighted by Gasteiger charge is -2.08. The highest BCUT2D eigenvalue weighted by Gasteiger charge is 1.96. The van der Waals surface area contributed by atoms with Crippen molar-refractivity contribution < 1.29 is 9.59 Å². The molecule has 1 amide bonds. The van der Waals surface area contributed by atoms with E-state index in [4.69, 9.17) is 0 Å². The smallest absolute Gasteiger partial charge is 0.243 e. The molecule has 0 aliphatic carbocycles. The van der Waals surface area contributed by atoms with E-state index in [0.29, 0.717) is 12.1 Å². The number of amides is 1. The van der Waals surface area contributed by atoms with Gasteiger partial charge in [-0.3, -0.25) is 9.59 Å². The fraction of sp³-hybridized carbons (Fsp3) is 0.333. The Hall–Kier alpha value is -1.94. The molecule has 0 saturated carbocycles. The van der Waals surface area contributed by atoms with Crippen LogP contribution in [0.15, 0.2) is 30.3 Å². The predicted octanol–water partition coefficient (Wildman–Crippen LogP) is 1.58. The average molecular weight is 260 g/mol. The zero-order valence-electron chi connectivity index (χ0n) is 11.4. The van der Waals surface area contributed by atoms with Crippen LogP contribution < -0.4 is 5.32 Å². The fourth-order valence-electron chi connectivity index (χ4n) is 1.52. The Labute approximate surface area is 114 Å². The summed E-state index contributed by atoms with van der Waals surface area (Å²) >= 11 is 0. The molecule has 0 atom stereocenters. The summed E-state index contributed by atoms with van der Waals surface area (Å²) in [6.07, 6.45) is 4.97. The summed E-state index contributed by atoms with van der Waals surface area (Å²) in [5, 5.41) is 2.82. The first-order valence-electron chi connectivity index (χ1n) is 6.27. The number of carbonyl (C=O) groups excluding carboxylic acids is 2. The second kappa shape index (κ2) is 8.21. The van der Waals surface area contributed by atoms with E-state index in [1.54, 1.807) is 30.3 Å². The van der Waals surface area contributed by atoms with Crippen molar-refractivity contribution >= 4 is 18.3 Å². The van der Waals surface area contributed by atoms with Crippen molar-refractivity contribution in [1.29, 1.82) is 0 Å². The van der Waals surface area contributed by atoms with E-state index in [1.165, 1.54) is 6.08 Å². The number of hydrogen-bond acceptors (Lipinski definition) is 3. The third kappa shape index (κ3) is 6.52. The van der Waals surface area contributed by atoms with E-state index in [9.17, 15) is 9.59 Å². The molecule has 0 fully saturated rings. The Morgan fingerprint density at radius 3 is 2.42 bits per heavy atom. The van der Waals surface area contributed by atoms with Crippen LogP contribution in [0.4, 0.5) is 0 Å². The molecule has 4 nitrogen and oxygen atoms in total. The SMILES string of the molecule is CN(C)CCCNC(=O)/C=C/c1ccc(C=O)cc1. The summed E-state index contributed by atoms with van der Waals surface area (Å²) in [6, 6.07) is 7.06. The first kappa shape index (κ1) is 15.1. The molecule has 1 N–H and O–H groups in total. The van der Waals surface area contributed by atoms with Crippen molar-refractivity contribution in [2.75, 3.05) is 27.2 Å². The number of aldehydes is 1. The van der Waals surface area contributed by atoms with Crippen LogP contribution in [0.2, 0.25) is 0 Å². The Bertz CT molecular complexity index is 436. The van der Waals surface area contributed by atoms with Crippen molar-refractivity contribution in [3.05, 3.63) is 41.5 Å². The van der Waals surface area contributed by atoms with E-state index in [1.807, 2.05) is 14.1 Å². The normalized spacial score (nSPS) is 10.9. The third-order valence-electron chi connectivity index (χ3n) is 2.58. The number of carbonyl (C=O) groups is 2. The molecule has 0 spiro atoms. The maximum absolute atomic E-state index is 11.5. The Morgan fingerprint density at radius 1 is 1.21 bits per heavy atom. The first-order chi connectivity index (χ1) is 9.11. The van der Waals surface area contributed by atoms with Gasteiger partial charge in [0.15, 0.2) is 0 Å². The molecule has 1 aromatic rings. The molecule has 0 aromatic heterocycles. The molecule has 0 radical (unpaired) electrons. The lowest BCUT2D eigenvalue weighted by Crippen LogP contribution is -2.25. The van der Waals surface area contributed by atoms with Gasteiger partial charge in [-0.15, -0.1) is 0 Å². The summed E-state index contributed by atoms with van der Waals surface area (Å²) in [7, 11) is 4.01. The lowest BCUT2D eigenvalue weighted by atomic mass is 10.1. The Balaban J connectivity index is 2.34. The molecule has 0 saturated heterocycles. The molecule has 102 valence electrons. The monoisotopic (exact) mass is 260 g/mol. The highest BCUT2D eigenvalue weighted by atomic mass is 16.1. The van der Waals surface area contributed by atoms with E-state index < -0.39 is 0 Å². The number of benzene rings is 1. The van der Waals surface area contributed by atoms with Crippen LogP contribution in [-0.2, 0) is 4.79 Å². The van der Waals surface area contributed by atoms with Gasteiger partial charge in [0.2, 0.25) is 5.91 Å². The van der Waals surface area contributed by atoms with Crippen LogP contribution in [0.1, 0.15) is 22.3 Å². The minimum Gasteiger partial charge on any atom is -0.353 e. The molecule has 0 bridgehead atoms. The highest BCUT2D eigenvalue weighted by Crippen LogP contribution is 2.04. The topological polar surface area (TPSA) is 49.4 Å². The molecule has 19 heavy (non-hydrogen) atoms. The largest absolute Gasteiger partial charge is 0.353 e. The number of rotatable bonds is 7. The van der Waals surface area contributed by atoms with Crippen LogP contribution in [0.25, 0.3) is 6.08 Å². The maximum Gasteiger partial charge on any atom is 0.243 e. The van der Waals surface area contributed by atoms with E-state index in [2.05, 4.69) is 10.2 Å². The van der Waals surface area contributed by atoms with Crippen LogP contribution >= 0.6 is 0 Å². The van der Waals surface area contributed by atoms with Gasteiger partial charge in [-0.25, -0.2) is 0 Å². The quantitative estimate of drug-likeness (QED) is 0.460. The van der Waals surface area contributed by atoms with Gasteiger partial charge in [0.05, 0.1) is 0 Å². The summed E-state index contributed by atoms with van der Waals surface area (Å²) < 4.78 is 0. The molecule has 0 heterocycles. The molecule has 1 aromatic carbocycles. The summed E-state index contributed by atoms with van der Waals surface area (Å²) in [5.41, 5.74) is 1.53. The number of hydrogen-bond donors (Lipinski definition) is 1. The maximum atomic E-state index is 11.5. The van der Waals surface area contributed by atoms with Gasteiger partial charge < -0.3 is 10.2 Å². The van der Waals surface area contributed by atoms with Gasteiger partial charge in [-0.2, -0.15) is 0 Å². The number of nitrogens with one attached hydrogen (secondary N) is 1.